The minimum Gasteiger partial charge on any atom is -0.276 e. The lowest BCUT2D eigenvalue weighted by atomic mass is 10.3. The molecule has 0 aliphatic carbocycles. The van der Waals surface area contributed by atoms with Crippen LogP contribution in [0, 0.1) is 0 Å². The van der Waals surface area contributed by atoms with Gasteiger partial charge in [-0.15, -0.1) is 0 Å². The first-order valence-electron chi connectivity index (χ1n) is 3.37. The van der Waals surface area contributed by atoms with Crippen LogP contribution in [-0.2, 0) is 0 Å². The van der Waals surface area contributed by atoms with Gasteiger partial charge in [0, 0.05) is 7.05 Å². The topological polar surface area (TPSA) is 38.7 Å². The van der Waals surface area contributed by atoms with Crippen molar-refractivity contribution < 1.29 is 5.21 Å². The third-order valence-electron chi connectivity index (χ3n) is 1.76. The van der Waals surface area contributed by atoms with Gasteiger partial charge in [0.05, 0.1) is 11.4 Å². The summed E-state index contributed by atoms with van der Waals surface area (Å²) in [6.45, 7) is 0. The largest absolute Gasteiger partial charge is 0.276 e. The Morgan fingerprint density at radius 2 is 2.09 bits per heavy atom. The van der Waals surface area contributed by atoms with Crippen molar-refractivity contribution in [3.63, 3.8) is 0 Å². The summed E-state index contributed by atoms with van der Waals surface area (Å²) in [7, 11) is 1.78. The summed E-state index contributed by atoms with van der Waals surface area (Å²) in [6.07, 6.45) is 0. The summed E-state index contributed by atoms with van der Waals surface area (Å²) >= 11 is 0. The van der Waals surface area contributed by atoms with Crippen molar-refractivity contribution in [2.75, 3.05) is 17.5 Å². The third-order valence-corrected chi connectivity index (χ3v) is 1.76. The van der Waals surface area contributed by atoms with Gasteiger partial charge < -0.3 is 0 Å². The van der Waals surface area contributed by atoms with E-state index in [1.807, 2.05) is 24.3 Å². The normalized spacial score (nSPS) is 16.4. The van der Waals surface area contributed by atoms with Gasteiger partial charge in [0.2, 0.25) is 0 Å². The van der Waals surface area contributed by atoms with Crippen molar-refractivity contribution in [1.82, 2.24) is 5.28 Å². The Balaban J connectivity index is 2.47. The van der Waals surface area contributed by atoms with Crippen molar-refractivity contribution in [1.29, 1.82) is 0 Å². The molecule has 0 amide bonds. The lowest BCUT2D eigenvalue weighted by Crippen LogP contribution is -2.35. The second-order valence-corrected chi connectivity index (χ2v) is 2.44. The maximum absolute atomic E-state index is 9.17. The molecule has 0 aromatic heterocycles. The summed E-state index contributed by atoms with van der Waals surface area (Å²) in [5.41, 5.74) is 4.64. The summed E-state index contributed by atoms with van der Waals surface area (Å²) in [4.78, 5) is 0. The zero-order chi connectivity index (χ0) is 7.84. The molecule has 58 valence electrons. The number of anilines is 2. The third kappa shape index (κ3) is 0.840. The second kappa shape index (κ2) is 2.11. The number of fused-ring (bicyclic) bond motifs is 1. The molecule has 0 saturated carbocycles. The summed E-state index contributed by atoms with van der Waals surface area (Å²) in [5, 5.41) is 11.7. The number of benzene rings is 1. The highest BCUT2D eigenvalue weighted by atomic mass is 16.6. The molecule has 4 nitrogen and oxygen atoms in total. The van der Waals surface area contributed by atoms with Crippen LogP contribution in [0.3, 0.4) is 0 Å². The molecule has 0 unspecified atom stereocenters. The predicted octanol–water partition coefficient (Wildman–Crippen LogP) is 1.07. The lowest BCUT2D eigenvalue weighted by molar-refractivity contribution is -0.0655. The van der Waals surface area contributed by atoms with E-state index < -0.39 is 0 Å². The van der Waals surface area contributed by atoms with Gasteiger partial charge in [-0.2, -0.15) is 0 Å². The predicted molar refractivity (Wildman–Crippen MR) is 42.1 cm³/mol. The first kappa shape index (κ1) is 6.45. The highest BCUT2D eigenvalue weighted by Gasteiger charge is 2.20. The maximum Gasteiger partial charge on any atom is 0.0806 e. The quantitative estimate of drug-likeness (QED) is 0.581. The number of hydrogen-bond acceptors (Lipinski definition) is 4. The number of para-hydroxylation sites is 2. The van der Waals surface area contributed by atoms with E-state index >= 15 is 0 Å². The molecule has 11 heavy (non-hydrogen) atoms. The summed E-state index contributed by atoms with van der Waals surface area (Å²) in [5.74, 6) is 0. The van der Waals surface area contributed by atoms with Crippen LogP contribution >= 0.6 is 0 Å². The molecule has 1 heterocycles. The van der Waals surface area contributed by atoms with Gasteiger partial charge in [-0.3, -0.25) is 15.6 Å². The van der Waals surface area contributed by atoms with E-state index in [0.717, 1.165) is 16.7 Å². The van der Waals surface area contributed by atoms with E-state index in [1.165, 1.54) is 0 Å². The molecule has 0 spiro atoms. The van der Waals surface area contributed by atoms with E-state index in [4.69, 9.17) is 5.21 Å². The summed E-state index contributed by atoms with van der Waals surface area (Å²) in [6, 6.07) is 7.68. The number of nitrogens with zero attached hydrogens (tertiary/aromatic N) is 2. The number of nitrogens with one attached hydrogen (secondary N) is 1. The van der Waals surface area contributed by atoms with Crippen LogP contribution in [0.2, 0.25) is 0 Å². The van der Waals surface area contributed by atoms with Gasteiger partial charge >= 0.3 is 0 Å². The fourth-order valence-corrected chi connectivity index (χ4v) is 1.14. The molecular formula is C7H9N3O. The van der Waals surface area contributed by atoms with E-state index in [9.17, 15) is 0 Å². The molecule has 0 radical (unpaired) electrons. The molecule has 2 rings (SSSR count). The average Bonchev–Trinajstić information content (AvgIpc) is 2.30. The molecule has 1 aromatic carbocycles. The standard InChI is InChI=1S/C7H9N3O/c1-9-7-5-3-2-4-6(7)8-10(9)11/h2-5,8,11H,1H3. The molecule has 1 aliphatic rings. The van der Waals surface area contributed by atoms with E-state index in [2.05, 4.69) is 5.43 Å². The van der Waals surface area contributed by atoms with Crippen molar-refractivity contribution in [2.45, 2.75) is 0 Å². The van der Waals surface area contributed by atoms with Crippen molar-refractivity contribution in [3.05, 3.63) is 24.3 Å². The van der Waals surface area contributed by atoms with Crippen LogP contribution in [0.25, 0.3) is 0 Å². The zero-order valence-electron chi connectivity index (χ0n) is 6.15. The molecule has 0 atom stereocenters. The Labute approximate surface area is 64.5 Å². The molecule has 0 saturated heterocycles. The van der Waals surface area contributed by atoms with Gasteiger partial charge in [0.15, 0.2) is 0 Å². The number of hydrazine groups is 2. The van der Waals surface area contributed by atoms with Gasteiger partial charge in [-0.25, -0.2) is 0 Å². The van der Waals surface area contributed by atoms with Crippen molar-refractivity contribution >= 4 is 11.4 Å². The molecule has 1 aromatic rings. The molecule has 4 heteroatoms. The zero-order valence-corrected chi connectivity index (χ0v) is 6.15. The Morgan fingerprint density at radius 1 is 1.36 bits per heavy atom. The van der Waals surface area contributed by atoms with Crippen LogP contribution in [0.4, 0.5) is 11.4 Å². The Kier molecular flexibility index (Phi) is 1.24. The van der Waals surface area contributed by atoms with Gasteiger partial charge in [0.1, 0.15) is 0 Å². The van der Waals surface area contributed by atoms with Crippen molar-refractivity contribution in [3.8, 4) is 0 Å². The second-order valence-electron chi connectivity index (χ2n) is 2.44. The molecule has 0 bridgehead atoms. The Bertz CT molecular complexity index is 276. The fraction of sp³-hybridized carbons (Fsp3) is 0.143. The van der Waals surface area contributed by atoms with Gasteiger partial charge in [-0.1, -0.05) is 12.1 Å². The maximum atomic E-state index is 9.17. The fourth-order valence-electron chi connectivity index (χ4n) is 1.14. The van der Waals surface area contributed by atoms with E-state index in [-0.39, 0.29) is 0 Å². The highest BCUT2D eigenvalue weighted by Crippen LogP contribution is 2.30. The molecule has 1 aliphatic heterocycles. The minimum atomic E-state index is 0.914. The smallest absolute Gasteiger partial charge is 0.0806 e. The average molecular weight is 151 g/mol. The minimum absolute atomic E-state index is 0.914. The van der Waals surface area contributed by atoms with Gasteiger partial charge in [0.25, 0.3) is 0 Å². The molecule has 0 fully saturated rings. The molecule has 2 N–H and O–H groups in total. The number of rotatable bonds is 0. The van der Waals surface area contributed by atoms with Crippen LogP contribution < -0.4 is 10.4 Å². The van der Waals surface area contributed by atoms with Crippen molar-refractivity contribution in [2.24, 2.45) is 0 Å². The Hall–Kier alpha value is -1.26. The molecular weight excluding hydrogens is 142 g/mol. The van der Waals surface area contributed by atoms with Crippen LogP contribution in [-0.4, -0.2) is 17.5 Å². The first-order chi connectivity index (χ1) is 5.29. The monoisotopic (exact) mass is 151 g/mol. The van der Waals surface area contributed by atoms with Gasteiger partial charge in [-0.05, 0) is 17.4 Å². The van der Waals surface area contributed by atoms with Crippen LogP contribution in [0.5, 0.6) is 0 Å². The van der Waals surface area contributed by atoms with E-state index in [1.54, 1.807) is 12.1 Å². The lowest BCUT2D eigenvalue weighted by Gasteiger charge is -2.16. The Morgan fingerprint density at radius 3 is 2.82 bits per heavy atom. The highest BCUT2D eigenvalue weighted by molar-refractivity contribution is 5.71. The summed E-state index contributed by atoms with van der Waals surface area (Å²) < 4.78 is 0. The van der Waals surface area contributed by atoms with E-state index in [0.29, 0.717) is 0 Å². The van der Waals surface area contributed by atoms with Crippen LogP contribution in [0.1, 0.15) is 0 Å². The SMILES string of the molecule is CN1c2ccccc2NN1O. The number of hydrogen-bond donors (Lipinski definition) is 2. The first-order valence-corrected chi connectivity index (χ1v) is 3.37. The van der Waals surface area contributed by atoms with Crippen LogP contribution in [0.15, 0.2) is 24.3 Å².